The Kier molecular flexibility index (Phi) is 15.1. The van der Waals surface area contributed by atoms with Crippen molar-refractivity contribution in [2.45, 2.75) is 99.7 Å². The van der Waals surface area contributed by atoms with Crippen molar-refractivity contribution in [3.8, 4) is 0 Å². The van der Waals surface area contributed by atoms with Gasteiger partial charge in [0.1, 0.15) is 0 Å². The molecule has 0 aromatic rings. The van der Waals surface area contributed by atoms with E-state index >= 15 is 0 Å². The van der Waals surface area contributed by atoms with Crippen molar-refractivity contribution in [1.82, 2.24) is 0 Å². The maximum absolute atomic E-state index is 7.12. The fourth-order valence-corrected chi connectivity index (χ4v) is 16.7. The quantitative estimate of drug-likeness (QED) is 0.228. The van der Waals surface area contributed by atoms with Gasteiger partial charge in [0, 0.05) is 0 Å². The van der Waals surface area contributed by atoms with Crippen molar-refractivity contribution in [3.63, 3.8) is 0 Å². The monoisotopic (exact) mass is 440 g/mol. The fraction of sp³-hybridized carbons (Fsp3) is 1.00. The van der Waals surface area contributed by atoms with Crippen LogP contribution in [-0.2, 0) is 31.1 Å². The van der Waals surface area contributed by atoms with Crippen LogP contribution in [0.5, 0.6) is 0 Å². The van der Waals surface area contributed by atoms with E-state index in [2.05, 4.69) is 62.3 Å². The predicted molar refractivity (Wildman–Crippen MR) is 115 cm³/mol. The molecule has 4 nitrogen and oxygen atoms in total. The van der Waals surface area contributed by atoms with Gasteiger partial charge in [0.25, 0.3) is 0 Å². The van der Waals surface area contributed by atoms with E-state index < -0.39 is 26.5 Å². The van der Waals surface area contributed by atoms with Gasteiger partial charge in [0.2, 0.25) is 0 Å². The molecule has 0 spiro atoms. The second-order valence-electron chi connectivity index (χ2n) is 9.12. The van der Waals surface area contributed by atoms with E-state index in [1.807, 2.05) is 0 Å². The minimum atomic E-state index is -3.76. The molecule has 6 heteroatoms. The van der Waals surface area contributed by atoms with Gasteiger partial charge in [-0.05, 0) is 0 Å². The molecular formula is C21H48O4SiTi. The van der Waals surface area contributed by atoms with Crippen molar-refractivity contribution in [2.24, 2.45) is 17.8 Å². The van der Waals surface area contributed by atoms with Crippen LogP contribution in [0, 0.1) is 17.8 Å². The molecule has 164 valence electrons. The molecular weight excluding hydrogens is 392 g/mol. The van der Waals surface area contributed by atoms with E-state index in [0.29, 0.717) is 37.6 Å². The van der Waals surface area contributed by atoms with Gasteiger partial charge < -0.3 is 0 Å². The molecule has 0 aliphatic carbocycles. The Morgan fingerprint density at radius 1 is 0.593 bits per heavy atom. The maximum atomic E-state index is 7.12. The van der Waals surface area contributed by atoms with Gasteiger partial charge in [0.15, 0.2) is 0 Å². The molecule has 0 N–H and O–H groups in total. The number of rotatable bonds is 17. The topological polar surface area (TPSA) is 36.9 Å². The molecule has 0 bridgehead atoms. The summed E-state index contributed by atoms with van der Waals surface area (Å²) in [6.07, 6.45) is 2.86. The van der Waals surface area contributed by atoms with Crippen molar-refractivity contribution in [3.05, 3.63) is 0 Å². The third-order valence-corrected chi connectivity index (χ3v) is 15.3. The Labute approximate surface area is 176 Å². The van der Waals surface area contributed by atoms with E-state index in [4.69, 9.17) is 13.0 Å². The summed E-state index contributed by atoms with van der Waals surface area (Å²) in [7, 11) is -2.06. The zero-order valence-electron chi connectivity index (χ0n) is 19.7. The summed E-state index contributed by atoms with van der Waals surface area (Å²) in [5.41, 5.74) is 0. The molecule has 0 radical (unpaired) electrons. The molecule has 0 aromatic carbocycles. The Bertz CT molecular complexity index is 316. The van der Waals surface area contributed by atoms with Gasteiger partial charge in [-0.15, -0.1) is 0 Å². The van der Waals surface area contributed by atoms with E-state index in [1.165, 1.54) is 0 Å². The first-order valence-electron chi connectivity index (χ1n) is 11.3. The second-order valence-corrected chi connectivity index (χ2v) is 16.8. The standard InChI is InChI=1S/C12H27OSi.3C3H7O.Ti/c1-10(2)7-14(13,8-11(3)4)9-12(5)6;3*1-2-3-4;/h10-12H,7-9H2,1-6H3;3*2-3H2,1H3;/q4*-1;+4. The summed E-state index contributed by atoms with van der Waals surface area (Å²) in [5, 5.41) is 0. The van der Waals surface area contributed by atoms with Crippen LogP contribution < -0.4 is 0 Å². The van der Waals surface area contributed by atoms with E-state index in [9.17, 15) is 0 Å². The molecule has 0 heterocycles. The van der Waals surface area contributed by atoms with Gasteiger partial charge in [0.05, 0.1) is 0 Å². The minimum absolute atomic E-state index is 0.609. The van der Waals surface area contributed by atoms with Gasteiger partial charge in [-0.25, -0.2) is 0 Å². The molecule has 0 fully saturated rings. The van der Waals surface area contributed by atoms with Crippen LogP contribution in [0.4, 0.5) is 0 Å². The Balaban J connectivity index is 5.90. The molecule has 0 unspecified atom stereocenters. The third-order valence-electron chi connectivity index (χ3n) is 4.13. The summed E-state index contributed by atoms with van der Waals surface area (Å²) in [5.74, 6) is 1.83. The van der Waals surface area contributed by atoms with Crippen molar-refractivity contribution in [1.29, 1.82) is 0 Å². The molecule has 0 aromatic heterocycles. The first-order valence-corrected chi connectivity index (χ1v) is 16.3. The van der Waals surface area contributed by atoms with Gasteiger partial charge >= 0.3 is 177 Å². The Morgan fingerprint density at radius 2 is 0.889 bits per heavy atom. The SMILES string of the molecule is CCC[O][Ti]([O]CCC)([O]CCC)[O][Si](CC(C)C)(CC(C)C)CC(C)C. The second kappa shape index (κ2) is 14.7. The Hall–Kier alpha value is 0.771. The predicted octanol–water partition coefficient (Wildman–Crippen LogP) is 7.01. The van der Waals surface area contributed by atoms with Crippen LogP contribution in [0.15, 0.2) is 0 Å². The van der Waals surface area contributed by atoms with Crippen LogP contribution >= 0.6 is 0 Å². The summed E-state index contributed by atoms with van der Waals surface area (Å²) in [6, 6.07) is 3.45. The molecule has 0 aliphatic heterocycles. The normalized spacial score (nSPS) is 13.3. The van der Waals surface area contributed by atoms with Crippen LogP contribution in [-0.4, -0.2) is 28.1 Å². The van der Waals surface area contributed by atoms with Gasteiger partial charge in [-0.3, -0.25) is 0 Å². The molecule has 0 rings (SSSR count). The summed E-state index contributed by atoms with van der Waals surface area (Å²) >= 11 is -3.76. The van der Waals surface area contributed by atoms with E-state index in [0.717, 1.165) is 37.4 Å². The third kappa shape index (κ3) is 12.1. The molecule has 0 aliphatic rings. The van der Waals surface area contributed by atoms with Crippen LogP contribution in [0.3, 0.4) is 0 Å². The van der Waals surface area contributed by atoms with Crippen molar-refractivity contribution < 1.29 is 31.1 Å². The summed E-state index contributed by atoms with van der Waals surface area (Å²) in [4.78, 5) is 0. The first kappa shape index (κ1) is 27.8. The van der Waals surface area contributed by atoms with E-state index in [-0.39, 0.29) is 0 Å². The summed E-state index contributed by atoms with van der Waals surface area (Å²) in [6.45, 7) is 22.2. The molecule has 0 atom stereocenters. The number of hydrogen-bond donors (Lipinski definition) is 0. The van der Waals surface area contributed by atoms with Gasteiger partial charge in [-0.1, -0.05) is 0 Å². The molecule has 27 heavy (non-hydrogen) atoms. The average molecular weight is 441 g/mol. The van der Waals surface area contributed by atoms with E-state index in [1.54, 1.807) is 0 Å². The summed E-state index contributed by atoms with van der Waals surface area (Å²) < 4.78 is 26.1. The van der Waals surface area contributed by atoms with Gasteiger partial charge in [-0.2, -0.15) is 0 Å². The zero-order valence-corrected chi connectivity index (χ0v) is 22.3. The Morgan fingerprint density at radius 3 is 1.11 bits per heavy atom. The molecule has 0 saturated carbocycles. The van der Waals surface area contributed by atoms with Crippen molar-refractivity contribution in [2.75, 3.05) is 19.8 Å². The van der Waals surface area contributed by atoms with Crippen LogP contribution in [0.25, 0.3) is 0 Å². The number of hydrogen-bond acceptors (Lipinski definition) is 4. The zero-order chi connectivity index (χ0) is 20.9. The molecule has 0 amide bonds. The van der Waals surface area contributed by atoms with Crippen molar-refractivity contribution >= 4 is 8.32 Å². The van der Waals surface area contributed by atoms with Crippen LogP contribution in [0.1, 0.15) is 81.6 Å². The fourth-order valence-electron chi connectivity index (χ4n) is 3.77. The average Bonchev–Trinajstić information content (AvgIpc) is 2.54. The van der Waals surface area contributed by atoms with Crippen LogP contribution in [0.2, 0.25) is 18.1 Å². The molecule has 0 saturated heterocycles. The first-order chi connectivity index (χ1) is 12.6.